The van der Waals surface area contributed by atoms with E-state index in [4.69, 9.17) is 44.1 Å². The number of ether oxygens (including phenoxy) is 1. The third-order valence-corrected chi connectivity index (χ3v) is 8.89. The van der Waals surface area contributed by atoms with E-state index in [0.717, 1.165) is 29.9 Å². The van der Waals surface area contributed by atoms with Crippen molar-refractivity contribution in [3.63, 3.8) is 0 Å². The summed E-state index contributed by atoms with van der Waals surface area (Å²) in [5.74, 6) is 0.795. The Morgan fingerprint density at radius 1 is 1.10 bits per heavy atom. The van der Waals surface area contributed by atoms with Crippen LogP contribution in [0.4, 0.5) is 0 Å². The Morgan fingerprint density at radius 3 is 2.43 bits per heavy atom. The van der Waals surface area contributed by atoms with E-state index in [1.807, 2.05) is 0 Å². The van der Waals surface area contributed by atoms with Gasteiger partial charge in [-0.15, -0.1) is 0 Å². The smallest absolute Gasteiger partial charge is 0.356 e. The molecule has 2 N–H and O–H groups in total. The molecule has 220 valence electrons. The molecule has 0 atom stereocenters. The van der Waals surface area contributed by atoms with Crippen molar-refractivity contribution in [3.05, 3.63) is 85.8 Å². The Labute approximate surface area is 258 Å². The second-order valence-corrected chi connectivity index (χ2v) is 12.9. The summed E-state index contributed by atoms with van der Waals surface area (Å²) in [5.41, 5.74) is 2.26. The Morgan fingerprint density at radius 2 is 1.81 bits per heavy atom. The predicted octanol–water partition coefficient (Wildman–Crippen LogP) is 8.07. The minimum atomic E-state index is -1.14. The van der Waals surface area contributed by atoms with Gasteiger partial charge in [0.05, 0.1) is 26.2 Å². The van der Waals surface area contributed by atoms with Crippen molar-refractivity contribution in [1.29, 1.82) is 0 Å². The van der Waals surface area contributed by atoms with Gasteiger partial charge in [-0.25, -0.2) is 4.79 Å². The van der Waals surface area contributed by atoms with Crippen molar-refractivity contribution in [3.8, 4) is 17.0 Å². The lowest BCUT2D eigenvalue weighted by molar-refractivity contribution is -0.0568. The first-order valence-electron chi connectivity index (χ1n) is 13.9. The van der Waals surface area contributed by atoms with Crippen LogP contribution in [0.3, 0.4) is 0 Å². The maximum Gasteiger partial charge on any atom is 0.356 e. The van der Waals surface area contributed by atoms with Gasteiger partial charge in [0.2, 0.25) is 0 Å². The zero-order valence-corrected chi connectivity index (χ0v) is 25.4. The van der Waals surface area contributed by atoms with Crippen LogP contribution in [0.15, 0.2) is 47.0 Å². The Bertz CT molecular complexity index is 1630. The van der Waals surface area contributed by atoms with Crippen LogP contribution in [0, 0.1) is 5.92 Å². The van der Waals surface area contributed by atoms with Gasteiger partial charge in [-0.05, 0) is 61.9 Å². The van der Waals surface area contributed by atoms with E-state index in [9.17, 15) is 15.0 Å². The summed E-state index contributed by atoms with van der Waals surface area (Å²) < 4.78 is 13.6. The molecule has 4 aromatic rings. The van der Waals surface area contributed by atoms with Gasteiger partial charge in [0, 0.05) is 35.2 Å². The summed E-state index contributed by atoms with van der Waals surface area (Å²) in [6, 6.07) is 12.2. The van der Waals surface area contributed by atoms with E-state index in [2.05, 4.69) is 24.1 Å². The number of aliphatic hydroxyl groups is 1. The van der Waals surface area contributed by atoms with E-state index in [0.29, 0.717) is 68.9 Å². The molecule has 2 aromatic heterocycles. The first-order chi connectivity index (χ1) is 20.0. The second kappa shape index (κ2) is 11.2. The van der Waals surface area contributed by atoms with Crippen LogP contribution in [0.2, 0.25) is 15.1 Å². The number of rotatable bonds is 10. The number of carboxylic acids is 1. The fourth-order valence-corrected chi connectivity index (χ4v) is 6.63. The molecule has 2 fully saturated rings. The van der Waals surface area contributed by atoms with Crippen LogP contribution in [0.5, 0.6) is 5.75 Å². The molecule has 0 amide bonds. The van der Waals surface area contributed by atoms with Gasteiger partial charge in [-0.1, -0.05) is 65.9 Å². The molecule has 0 bridgehead atoms. The molecule has 2 saturated carbocycles. The van der Waals surface area contributed by atoms with Crippen molar-refractivity contribution >= 4 is 40.8 Å². The third kappa shape index (κ3) is 5.53. The Kier molecular flexibility index (Phi) is 7.77. The van der Waals surface area contributed by atoms with Crippen LogP contribution in [-0.4, -0.2) is 31.1 Å². The number of aromatic nitrogens is 3. The average molecular weight is 631 g/mol. The minimum absolute atomic E-state index is 0.0123. The molecular weight excluding hydrogens is 601 g/mol. The number of nitrogens with zero attached hydrogens (tertiary/aromatic N) is 3. The normalized spacial score (nSPS) is 20.1. The lowest BCUT2D eigenvalue weighted by Crippen LogP contribution is -2.41. The molecule has 0 saturated heterocycles. The van der Waals surface area contributed by atoms with Gasteiger partial charge in [0.25, 0.3) is 0 Å². The first kappa shape index (κ1) is 29.1. The van der Waals surface area contributed by atoms with Crippen LogP contribution < -0.4 is 4.74 Å². The van der Waals surface area contributed by atoms with Crippen molar-refractivity contribution in [2.24, 2.45) is 5.92 Å². The Balaban J connectivity index is 1.19. The molecule has 0 aliphatic heterocycles. The van der Waals surface area contributed by atoms with E-state index in [1.165, 1.54) is 0 Å². The Hall–Kier alpha value is -3.04. The van der Waals surface area contributed by atoms with Gasteiger partial charge >= 0.3 is 5.97 Å². The fraction of sp³-hybridized carbons (Fsp3) is 0.387. The van der Waals surface area contributed by atoms with Gasteiger partial charge in [-0.3, -0.25) is 4.68 Å². The summed E-state index contributed by atoms with van der Waals surface area (Å²) in [7, 11) is 0. The van der Waals surface area contributed by atoms with Gasteiger partial charge in [0.15, 0.2) is 5.69 Å². The number of carboxylic acid groups (broad SMARTS) is 1. The number of benzene rings is 2. The summed E-state index contributed by atoms with van der Waals surface area (Å²) in [4.78, 5) is 11.5. The monoisotopic (exact) mass is 629 g/mol. The molecule has 8 nitrogen and oxygen atoms in total. The lowest BCUT2D eigenvalue weighted by Gasteiger charge is -2.44. The molecule has 6 rings (SSSR count). The van der Waals surface area contributed by atoms with Gasteiger partial charge in [0.1, 0.15) is 23.8 Å². The quantitative estimate of drug-likeness (QED) is 0.182. The number of hydrogen-bond donors (Lipinski definition) is 2. The molecule has 0 spiro atoms. The maximum atomic E-state index is 11.5. The highest BCUT2D eigenvalue weighted by Gasteiger charge is 2.47. The third-order valence-electron chi connectivity index (χ3n) is 7.95. The highest BCUT2D eigenvalue weighted by molar-refractivity contribution is 6.39. The van der Waals surface area contributed by atoms with Crippen molar-refractivity contribution in [2.45, 2.75) is 70.1 Å². The average Bonchev–Trinajstić information content (AvgIpc) is 3.54. The summed E-state index contributed by atoms with van der Waals surface area (Å²) in [6.45, 7) is 4.88. The lowest BCUT2D eigenvalue weighted by atomic mass is 9.66. The van der Waals surface area contributed by atoms with Gasteiger partial charge < -0.3 is 19.5 Å². The maximum absolute atomic E-state index is 11.5. The van der Waals surface area contributed by atoms with Crippen LogP contribution in [0.1, 0.15) is 84.4 Å². The number of halogens is 3. The molecule has 2 aliphatic carbocycles. The van der Waals surface area contributed by atoms with Crippen LogP contribution in [-0.2, 0) is 18.8 Å². The topological polar surface area (TPSA) is 111 Å². The zero-order chi connectivity index (χ0) is 29.8. The highest BCUT2D eigenvalue weighted by Crippen LogP contribution is 2.53. The molecular formula is C31H30Cl3N3O5. The van der Waals surface area contributed by atoms with Crippen molar-refractivity contribution in [2.75, 3.05) is 0 Å². The standard InChI is InChI=1S/C31H30Cl3N3O5/c1-16(2)14-37-26(11-25(35-37)30(38)39)18-12-31(40,13-18)21-9-8-19(10-24(21)34)41-15-20-28(36-42-29(20)17-6-7-17)27-22(32)4-3-5-23(27)33/h3-5,8-11,16-18,40H,6-7,12-15H2,1-2H3,(H,38,39)/t18-,31+. The molecule has 0 radical (unpaired) electrons. The van der Waals surface area contributed by atoms with Gasteiger partial charge in [-0.2, -0.15) is 5.10 Å². The minimum Gasteiger partial charge on any atom is -0.489 e. The first-order valence-corrected chi connectivity index (χ1v) is 15.1. The molecule has 42 heavy (non-hydrogen) atoms. The molecule has 2 aromatic carbocycles. The van der Waals surface area contributed by atoms with Crippen LogP contribution in [0.25, 0.3) is 11.3 Å². The van der Waals surface area contributed by atoms with Crippen molar-refractivity contribution in [1.82, 2.24) is 14.9 Å². The van der Waals surface area contributed by atoms with E-state index in [1.54, 1.807) is 47.1 Å². The number of hydrogen-bond acceptors (Lipinski definition) is 6. The number of carbonyl (C=O) groups is 1. The zero-order valence-electron chi connectivity index (χ0n) is 23.1. The largest absolute Gasteiger partial charge is 0.489 e. The van der Waals surface area contributed by atoms with E-state index < -0.39 is 11.6 Å². The summed E-state index contributed by atoms with van der Waals surface area (Å²) in [6.07, 6.45) is 2.86. The summed E-state index contributed by atoms with van der Waals surface area (Å²) in [5, 5.41) is 30.8. The number of aromatic carboxylic acids is 1. The molecule has 2 heterocycles. The van der Waals surface area contributed by atoms with E-state index in [-0.39, 0.29) is 18.2 Å². The van der Waals surface area contributed by atoms with Crippen molar-refractivity contribution < 1.29 is 24.3 Å². The predicted molar refractivity (Wildman–Crippen MR) is 160 cm³/mol. The SMILES string of the molecule is CC(C)Cn1nc(C(=O)O)cc1[C@H]1C[C@](O)(c2ccc(OCc3c(-c4c(Cl)cccc4Cl)noc3C3CC3)cc2Cl)C1. The molecule has 2 aliphatic rings. The summed E-state index contributed by atoms with van der Waals surface area (Å²) >= 11 is 19.6. The van der Waals surface area contributed by atoms with Crippen LogP contribution >= 0.6 is 34.8 Å². The fourth-order valence-electron chi connectivity index (χ4n) is 5.71. The second-order valence-electron chi connectivity index (χ2n) is 11.6. The molecule has 0 unspecified atom stereocenters. The highest BCUT2D eigenvalue weighted by atomic mass is 35.5. The van der Waals surface area contributed by atoms with E-state index >= 15 is 0 Å². The molecule has 11 heteroatoms.